The molecule has 2 aromatic heterocycles. The summed E-state index contributed by atoms with van der Waals surface area (Å²) in [6.45, 7) is 1.49. The average Bonchev–Trinajstić information content (AvgIpc) is 3.13. The van der Waals surface area contributed by atoms with E-state index in [2.05, 4.69) is 20.0 Å². The van der Waals surface area contributed by atoms with Crippen molar-refractivity contribution < 1.29 is 22.7 Å². The summed E-state index contributed by atoms with van der Waals surface area (Å²) in [5, 5.41) is 3.56. The van der Waals surface area contributed by atoms with Crippen LogP contribution >= 0.6 is 11.3 Å². The van der Waals surface area contributed by atoms with Gasteiger partial charge in [0, 0.05) is 18.7 Å². The molecule has 4 rings (SSSR count). The van der Waals surface area contributed by atoms with Crippen LogP contribution in [0.3, 0.4) is 0 Å². The Kier molecular flexibility index (Phi) is 4.22. The van der Waals surface area contributed by atoms with E-state index in [1.807, 2.05) is 17.7 Å². The lowest BCUT2D eigenvalue weighted by Gasteiger charge is -2.07. The Hall–Kier alpha value is -3.14. The molecule has 4 aromatic rings. The van der Waals surface area contributed by atoms with Crippen LogP contribution in [0.15, 0.2) is 36.4 Å². The first kappa shape index (κ1) is 18.2. The number of imidazole rings is 1. The third-order valence-corrected chi connectivity index (χ3v) is 5.03. The second-order valence-electron chi connectivity index (χ2n) is 6.08. The lowest BCUT2D eigenvalue weighted by atomic mass is 10.1. The monoisotopic (exact) mass is 406 g/mol. The maximum atomic E-state index is 12.4. The van der Waals surface area contributed by atoms with Gasteiger partial charge in [0.1, 0.15) is 5.75 Å². The molecule has 0 spiro atoms. The van der Waals surface area contributed by atoms with Crippen LogP contribution in [0.4, 0.5) is 24.3 Å². The van der Waals surface area contributed by atoms with Crippen LogP contribution in [0.25, 0.3) is 21.3 Å². The van der Waals surface area contributed by atoms with Gasteiger partial charge in [-0.1, -0.05) is 11.3 Å². The number of fused-ring (bicyclic) bond motifs is 2. The first-order chi connectivity index (χ1) is 13.2. The number of ether oxygens (including phenoxy) is 1. The minimum atomic E-state index is -4.74. The topological polar surface area (TPSA) is 69.0 Å². The maximum absolute atomic E-state index is 12.4. The van der Waals surface area contributed by atoms with E-state index in [-0.39, 0.29) is 11.5 Å². The number of carbonyl (C=O) groups is 1. The normalized spacial score (nSPS) is 11.9. The van der Waals surface area contributed by atoms with Gasteiger partial charge in [0.15, 0.2) is 10.9 Å². The van der Waals surface area contributed by atoms with Crippen LogP contribution in [0.2, 0.25) is 0 Å². The van der Waals surface area contributed by atoms with Gasteiger partial charge < -0.3 is 14.6 Å². The van der Waals surface area contributed by atoms with Gasteiger partial charge in [0.05, 0.1) is 21.3 Å². The Bertz CT molecular complexity index is 1210. The molecule has 6 nitrogen and oxygen atoms in total. The minimum Gasteiger partial charge on any atom is -0.406 e. The summed E-state index contributed by atoms with van der Waals surface area (Å²) in [5.41, 5.74) is 2.59. The number of nitrogens with one attached hydrogen (secondary N) is 1. The van der Waals surface area contributed by atoms with Crippen LogP contribution in [0.1, 0.15) is 17.3 Å². The number of rotatable bonds is 4. The first-order valence-electron chi connectivity index (χ1n) is 8.10. The van der Waals surface area contributed by atoms with Gasteiger partial charge in [0.2, 0.25) is 5.95 Å². The lowest BCUT2D eigenvalue weighted by molar-refractivity contribution is -0.274. The van der Waals surface area contributed by atoms with Crippen LogP contribution in [-0.4, -0.2) is 26.7 Å². The highest BCUT2D eigenvalue weighted by molar-refractivity contribution is 7.22. The SMILES string of the molecule is CC(=O)c1ccc2c(c1)nc(Nc1nc3ccc(OC(F)(F)F)cc3s1)n2C. The molecule has 2 aromatic carbocycles. The minimum absolute atomic E-state index is 0.0508. The van der Waals surface area contributed by atoms with Crippen molar-refractivity contribution in [2.24, 2.45) is 7.05 Å². The molecule has 0 aliphatic heterocycles. The van der Waals surface area contributed by atoms with E-state index in [0.29, 0.717) is 32.4 Å². The number of carbonyl (C=O) groups excluding carboxylic acids is 1. The zero-order valence-corrected chi connectivity index (χ0v) is 15.5. The van der Waals surface area contributed by atoms with Crippen LogP contribution < -0.4 is 10.1 Å². The van der Waals surface area contributed by atoms with Crippen LogP contribution in [-0.2, 0) is 7.05 Å². The number of aromatic nitrogens is 3. The number of halogens is 3. The Labute approximate surface area is 160 Å². The number of hydrogen-bond acceptors (Lipinski definition) is 6. The predicted molar refractivity (Wildman–Crippen MR) is 100 cm³/mol. The highest BCUT2D eigenvalue weighted by Crippen LogP contribution is 2.33. The van der Waals surface area contributed by atoms with Gasteiger partial charge in [-0.15, -0.1) is 13.2 Å². The van der Waals surface area contributed by atoms with Gasteiger partial charge in [-0.2, -0.15) is 0 Å². The highest BCUT2D eigenvalue weighted by Gasteiger charge is 2.31. The maximum Gasteiger partial charge on any atom is 0.573 e. The Morgan fingerprint density at radius 3 is 2.64 bits per heavy atom. The molecule has 0 amide bonds. The first-order valence-corrected chi connectivity index (χ1v) is 8.92. The molecule has 0 bridgehead atoms. The summed E-state index contributed by atoms with van der Waals surface area (Å²) in [6, 6.07) is 9.23. The summed E-state index contributed by atoms with van der Waals surface area (Å²) < 4.78 is 43.4. The van der Waals surface area contributed by atoms with Crippen LogP contribution in [0.5, 0.6) is 5.75 Å². The highest BCUT2D eigenvalue weighted by atomic mass is 32.1. The molecular weight excluding hydrogens is 393 g/mol. The van der Waals surface area contributed by atoms with Crippen molar-refractivity contribution in [3.05, 3.63) is 42.0 Å². The molecule has 0 aliphatic rings. The van der Waals surface area contributed by atoms with Crippen molar-refractivity contribution in [2.45, 2.75) is 13.3 Å². The van der Waals surface area contributed by atoms with Crippen molar-refractivity contribution in [1.82, 2.24) is 14.5 Å². The fourth-order valence-electron chi connectivity index (χ4n) is 2.78. The fraction of sp³-hybridized carbons (Fsp3) is 0.167. The standard InChI is InChI=1S/C18H13F3N4O2S/c1-9(26)10-3-6-14-13(7-10)22-16(25(14)2)24-17-23-12-5-4-11(8-15(12)28-17)27-18(19,20)21/h3-8H,1-2H3,(H,22,23,24). The Morgan fingerprint density at radius 1 is 1.14 bits per heavy atom. The number of hydrogen-bond donors (Lipinski definition) is 1. The molecule has 28 heavy (non-hydrogen) atoms. The number of thiazole rings is 1. The molecule has 0 saturated carbocycles. The average molecular weight is 406 g/mol. The smallest absolute Gasteiger partial charge is 0.406 e. The largest absolute Gasteiger partial charge is 0.573 e. The second-order valence-corrected chi connectivity index (χ2v) is 7.11. The van der Waals surface area contributed by atoms with E-state index in [1.165, 1.54) is 36.5 Å². The number of ketones is 1. The number of nitrogens with zero attached hydrogens (tertiary/aromatic N) is 3. The summed E-state index contributed by atoms with van der Waals surface area (Å²) >= 11 is 1.18. The van der Waals surface area contributed by atoms with Gasteiger partial charge in [-0.3, -0.25) is 4.79 Å². The molecule has 0 saturated heterocycles. The molecule has 0 atom stereocenters. The molecule has 10 heteroatoms. The van der Waals surface area contributed by atoms with Gasteiger partial charge in [-0.05, 0) is 37.3 Å². The molecule has 144 valence electrons. The Morgan fingerprint density at radius 2 is 1.93 bits per heavy atom. The summed E-state index contributed by atoms with van der Waals surface area (Å²) in [7, 11) is 1.81. The zero-order valence-electron chi connectivity index (χ0n) is 14.7. The Balaban J connectivity index is 1.66. The summed E-state index contributed by atoms with van der Waals surface area (Å²) in [4.78, 5) is 20.4. The summed E-state index contributed by atoms with van der Waals surface area (Å²) in [6.07, 6.45) is -4.74. The number of aryl methyl sites for hydroxylation is 1. The number of benzene rings is 2. The number of Topliss-reactive ketones (excluding diaryl/α,β-unsaturated/α-hetero) is 1. The lowest BCUT2D eigenvalue weighted by Crippen LogP contribution is -2.16. The van der Waals surface area contributed by atoms with E-state index in [1.54, 1.807) is 12.1 Å². The summed E-state index contributed by atoms with van der Waals surface area (Å²) in [5.74, 6) is 0.154. The van der Waals surface area contributed by atoms with Crippen molar-refractivity contribution >= 4 is 49.4 Å². The second kappa shape index (κ2) is 6.48. The molecule has 0 fully saturated rings. The quantitative estimate of drug-likeness (QED) is 0.482. The number of anilines is 2. The molecule has 2 heterocycles. The van der Waals surface area contributed by atoms with E-state index >= 15 is 0 Å². The number of alkyl halides is 3. The van der Waals surface area contributed by atoms with E-state index in [0.717, 1.165) is 5.52 Å². The van der Waals surface area contributed by atoms with E-state index in [9.17, 15) is 18.0 Å². The third-order valence-electron chi connectivity index (χ3n) is 4.10. The van der Waals surface area contributed by atoms with E-state index in [4.69, 9.17) is 0 Å². The molecule has 0 unspecified atom stereocenters. The van der Waals surface area contributed by atoms with Gasteiger partial charge in [0.25, 0.3) is 0 Å². The molecule has 0 aliphatic carbocycles. The zero-order chi connectivity index (χ0) is 20.1. The van der Waals surface area contributed by atoms with Crippen LogP contribution in [0, 0.1) is 0 Å². The predicted octanol–water partition coefficient (Wildman–Crippen LogP) is 5.03. The molecule has 0 radical (unpaired) electrons. The van der Waals surface area contributed by atoms with Crippen molar-refractivity contribution in [2.75, 3.05) is 5.32 Å². The van der Waals surface area contributed by atoms with Crippen molar-refractivity contribution in [3.63, 3.8) is 0 Å². The van der Waals surface area contributed by atoms with Gasteiger partial charge >= 0.3 is 6.36 Å². The molecule has 1 N–H and O–H groups in total. The van der Waals surface area contributed by atoms with Crippen molar-refractivity contribution in [1.29, 1.82) is 0 Å². The van der Waals surface area contributed by atoms with E-state index < -0.39 is 6.36 Å². The third kappa shape index (κ3) is 3.50. The fourth-order valence-corrected chi connectivity index (χ4v) is 3.67. The molecular formula is C18H13F3N4O2S. The van der Waals surface area contributed by atoms with Gasteiger partial charge in [-0.25, -0.2) is 9.97 Å². The van der Waals surface area contributed by atoms with Crippen molar-refractivity contribution in [3.8, 4) is 5.75 Å².